The van der Waals surface area contributed by atoms with Gasteiger partial charge in [-0.3, -0.25) is 14.3 Å². The van der Waals surface area contributed by atoms with Crippen LogP contribution in [-0.2, 0) is 18.4 Å². The summed E-state index contributed by atoms with van der Waals surface area (Å²) in [4.78, 5) is 27.1. The van der Waals surface area contributed by atoms with Gasteiger partial charge in [-0.25, -0.2) is 4.39 Å². The van der Waals surface area contributed by atoms with Gasteiger partial charge < -0.3 is 10.2 Å². The minimum Gasteiger partial charge on any atom is -0.352 e. The summed E-state index contributed by atoms with van der Waals surface area (Å²) in [6.45, 7) is 5.70. The lowest BCUT2D eigenvalue weighted by Gasteiger charge is -2.32. The molecule has 1 fully saturated rings. The Kier molecular flexibility index (Phi) is 7.24. The van der Waals surface area contributed by atoms with E-state index in [4.69, 9.17) is 0 Å². The molecule has 0 bridgehead atoms. The second-order valence-electron chi connectivity index (χ2n) is 8.40. The lowest BCUT2D eigenvalue weighted by molar-refractivity contribution is -0.121. The van der Waals surface area contributed by atoms with Crippen molar-refractivity contribution in [2.75, 3.05) is 13.1 Å². The number of hydrogen-bond donors (Lipinski definition) is 1. The largest absolute Gasteiger partial charge is 0.352 e. The molecule has 1 atom stereocenters. The number of benzene rings is 1. The average Bonchev–Trinajstić information content (AvgIpc) is 3.13. The van der Waals surface area contributed by atoms with Crippen molar-refractivity contribution < 1.29 is 14.0 Å². The molecule has 1 aliphatic rings. The molecule has 2 aromatic rings. The Hall–Kier alpha value is -2.70. The van der Waals surface area contributed by atoms with Crippen LogP contribution >= 0.6 is 0 Å². The molecule has 0 aliphatic carbocycles. The third kappa shape index (κ3) is 5.46. The van der Waals surface area contributed by atoms with E-state index in [1.165, 1.54) is 6.07 Å². The van der Waals surface area contributed by atoms with Crippen molar-refractivity contribution in [3.63, 3.8) is 0 Å². The van der Waals surface area contributed by atoms with Crippen LogP contribution in [0.4, 0.5) is 4.39 Å². The maximum atomic E-state index is 13.7. The Morgan fingerprint density at radius 2 is 2.07 bits per heavy atom. The fourth-order valence-electron chi connectivity index (χ4n) is 3.88. The summed E-state index contributed by atoms with van der Waals surface area (Å²) in [7, 11) is 1.81. The van der Waals surface area contributed by atoms with Crippen LogP contribution < -0.4 is 5.32 Å². The SMILES string of the molecule is CC(C)c1cc(C(=O)N2CCC[C@@H](CCC(=O)NCc3ccccc3F)C2)n(C)n1. The van der Waals surface area contributed by atoms with Crippen molar-refractivity contribution in [3.05, 3.63) is 53.1 Å². The highest BCUT2D eigenvalue weighted by Crippen LogP contribution is 2.23. The molecule has 162 valence electrons. The molecule has 1 N–H and O–H groups in total. The van der Waals surface area contributed by atoms with Crippen LogP contribution in [0.15, 0.2) is 30.3 Å². The van der Waals surface area contributed by atoms with Crippen LogP contribution in [0.25, 0.3) is 0 Å². The predicted octanol–water partition coefficient (Wildman–Crippen LogP) is 3.63. The summed E-state index contributed by atoms with van der Waals surface area (Å²) in [6.07, 6.45) is 3.04. The Balaban J connectivity index is 1.49. The zero-order chi connectivity index (χ0) is 21.7. The first-order valence-corrected chi connectivity index (χ1v) is 10.7. The first-order valence-electron chi connectivity index (χ1n) is 10.7. The van der Waals surface area contributed by atoms with Gasteiger partial charge in [0.05, 0.1) is 5.69 Å². The number of nitrogens with one attached hydrogen (secondary N) is 1. The Labute approximate surface area is 177 Å². The number of carbonyl (C=O) groups excluding carboxylic acids is 2. The van der Waals surface area contributed by atoms with Gasteiger partial charge in [0.15, 0.2) is 0 Å². The van der Waals surface area contributed by atoms with E-state index in [2.05, 4.69) is 24.3 Å². The van der Waals surface area contributed by atoms with Crippen molar-refractivity contribution in [1.29, 1.82) is 0 Å². The molecule has 0 saturated carbocycles. The third-order valence-corrected chi connectivity index (χ3v) is 5.73. The van der Waals surface area contributed by atoms with Gasteiger partial charge in [-0.2, -0.15) is 5.10 Å². The molecule has 30 heavy (non-hydrogen) atoms. The van der Waals surface area contributed by atoms with E-state index in [9.17, 15) is 14.0 Å². The molecule has 3 rings (SSSR count). The predicted molar refractivity (Wildman–Crippen MR) is 113 cm³/mol. The van der Waals surface area contributed by atoms with E-state index in [0.29, 0.717) is 30.1 Å². The molecule has 1 aromatic heterocycles. The molecule has 6 nitrogen and oxygen atoms in total. The second kappa shape index (κ2) is 9.87. The number of aryl methyl sites for hydroxylation is 1. The first-order chi connectivity index (χ1) is 14.3. The molecule has 0 spiro atoms. The summed E-state index contributed by atoms with van der Waals surface area (Å²) >= 11 is 0. The van der Waals surface area contributed by atoms with Gasteiger partial charge in [-0.15, -0.1) is 0 Å². The molecule has 2 heterocycles. The Morgan fingerprint density at radius 1 is 1.30 bits per heavy atom. The number of halogens is 1. The topological polar surface area (TPSA) is 67.2 Å². The number of aromatic nitrogens is 2. The number of likely N-dealkylation sites (tertiary alicyclic amines) is 1. The molecule has 1 aromatic carbocycles. The minimum atomic E-state index is -0.310. The smallest absolute Gasteiger partial charge is 0.272 e. The first kappa shape index (κ1) is 22.0. The monoisotopic (exact) mass is 414 g/mol. The molecule has 1 saturated heterocycles. The molecule has 0 unspecified atom stereocenters. The van der Waals surface area contributed by atoms with Crippen LogP contribution in [0.3, 0.4) is 0 Å². The van der Waals surface area contributed by atoms with Crippen molar-refractivity contribution in [2.45, 2.75) is 52.0 Å². The Morgan fingerprint density at radius 3 is 2.77 bits per heavy atom. The summed E-state index contributed by atoms with van der Waals surface area (Å²) in [5.41, 5.74) is 2.01. The van der Waals surface area contributed by atoms with E-state index in [1.807, 2.05) is 11.0 Å². The van der Waals surface area contributed by atoms with E-state index < -0.39 is 0 Å². The second-order valence-corrected chi connectivity index (χ2v) is 8.40. The zero-order valence-electron chi connectivity index (χ0n) is 18.0. The van der Waals surface area contributed by atoms with Gasteiger partial charge in [0, 0.05) is 38.7 Å². The van der Waals surface area contributed by atoms with Gasteiger partial charge in [-0.05, 0) is 43.2 Å². The van der Waals surface area contributed by atoms with Crippen molar-refractivity contribution in [1.82, 2.24) is 20.0 Å². The maximum Gasteiger partial charge on any atom is 0.272 e. The highest BCUT2D eigenvalue weighted by atomic mass is 19.1. The van der Waals surface area contributed by atoms with Crippen LogP contribution in [0, 0.1) is 11.7 Å². The summed E-state index contributed by atoms with van der Waals surface area (Å²) in [5.74, 6) is 0.171. The molecule has 1 aliphatic heterocycles. The van der Waals surface area contributed by atoms with Crippen molar-refractivity contribution in [2.24, 2.45) is 13.0 Å². The lowest BCUT2D eigenvalue weighted by Crippen LogP contribution is -2.41. The average molecular weight is 415 g/mol. The fraction of sp³-hybridized carbons (Fsp3) is 0.522. The number of amides is 2. The van der Waals surface area contributed by atoms with Gasteiger partial charge in [-0.1, -0.05) is 32.0 Å². The highest BCUT2D eigenvalue weighted by Gasteiger charge is 2.27. The molecular weight excluding hydrogens is 383 g/mol. The maximum absolute atomic E-state index is 13.7. The van der Waals surface area contributed by atoms with Crippen LogP contribution in [0.2, 0.25) is 0 Å². The normalized spacial score (nSPS) is 16.7. The van der Waals surface area contributed by atoms with Gasteiger partial charge >= 0.3 is 0 Å². The summed E-state index contributed by atoms with van der Waals surface area (Å²) in [6, 6.07) is 8.33. The standard InChI is InChI=1S/C23H31FN4O2/c1-16(2)20-13-21(27(3)26-20)23(30)28-12-6-7-17(15-28)10-11-22(29)25-14-18-8-4-5-9-19(18)24/h4-5,8-9,13,16-17H,6-7,10-12,14-15H2,1-3H3,(H,25,29)/t17-/m0/s1. The van der Waals surface area contributed by atoms with Crippen LogP contribution in [0.5, 0.6) is 0 Å². The Bertz CT molecular complexity index is 893. The fourth-order valence-corrected chi connectivity index (χ4v) is 3.88. The number of rotatable bonds is 7. The number of hydrogen-bond acceptors (Lipinski definition) is 3. The van der Waals surface area contributed by atoms with Crippen molar-refractivity contribution in [3.8, 4) is 0 Å². The number of carbonyl (C=O) groups is 2. The lowest BCUT2D eigenvalue weighted by atomic mass is 9.93. The molecule has 7 heteroatoms. The summed E-state index contributed by atoms with van der Waals surface area (Å²) < 4.78 is 15.3. The van der Waals surface area contributed by atoms with Gasteiger partial charge in [0.2, 0.25) is 5.91 Å². The van der Waals surface area contributed by atoms with E-state index in [1.54, 1.807) is 29.9 Å². The summed E-state index contributed by atoms with van der Waals surface area (Å²) in [5, 5.41) is 7.23. The number of piperidine rings is 1. The van der Waals surface area contributed by atoms with E-state index >= 15 is 0 Å². The van der Waals surface area contributed by atoms with Crippen LogP contribution in [-0.4, -0.2) is 39.6 Å². The molecule has 0 radical (unpaired) electrons. The third-order valence-electron chi connectivity index (χ3n) is 5.73. The van der Waals surface area contributed by atoms with E-state index in [-0.39, 0.29) is 30.1 Å². The van der Waals surface area contributed by atoms with Gasteiger partial charge in [0.25, 0.3) is 5.91 Å². The zero-order valence-corrected chi connectivity index (χ0v) is 18.0. The molecular formula is C23H31FN4O2. The number of nitrogens with zero attached hydrogens (tertiary/aromatic N) is 3. The van der Waals surface area contributed by atoms with Gasteiger partial charge in [0.1, 0.15) is 11.5 Å². The van der Waals surface area contributed by atoms with E-state index in [0.717, 1.165) is 31.5 Å². The van der Waals surface area contributed by atoms with Crippen LogP contribution in [0.1, 0.15) is 67.2 Å². The van der Waals surface area contributed by atoms with Crippen molar-refractivity contribution >= 4 is 11.8 Å². The highest BCUT2D eigenvalue weighted by molar-refractivity contribution is 5.92. The molecule has 2 amide bonds. The minimum absolute atomic E-state index is 0.00519. The quantitative estimate of drug-likeness (QED) is 0.752.